The Labute approximate surface area is 219 Å². The van der Waals surface area contributed by atoms with E-state index in [1.807, 2.05) is 24.3 Å². The highest BCUT2D eigenvalue weighted by Crippen LogP contribution is 2.32. The molecule has 0 aromatic heterocycles. The Morgan fingerprint density at radius 2 is 1.65 bits per heavy atom. The van der Waals surface area contributed by atoms with Crippen LogP contribution in [0.3, 0.4) is 0 Å². The Balaban J connectivity index is 0.000000583. The minimum absolute atomic E-state index is 0.163. The maximum Gasteiger partial charge on any atom is 0.261 e. The monoisotopic (exact) mass is 564 g/mol. The molecule has 0 aliphatic carbocycles. The molecule has 1 fully saturated rings. The minimum atomic E-state index is -3.67. The van der Waals surface area contributed by atoms with Crippen LogP contribution >= 0.6 is 0 Å². The van der Waals surface area contributed by atoms with Gasteiger partial charge in [0.2, 0.25) is 0 Å². The molecule has 0 spiro atoms. The van der Waals surface area contributed by atoms with Crippen LogP contribution in [0.2, 0.25) is 0 Å². The molecule has 2 aromatic rings. The molecule has 0 unspecified atom stereocenters. The van der Waals surface area contributed by atoms with E-state index < -0.39 is 20.2 Å². The summed E-state index contributed by atoms with van der Waals surface area (Å²) in [5, 5.41) is 3.70. The fourth-order valence-electron chi connectivity index (χ4n) is 4.03. The predicted octanol–water partition coefficient (Wildman–Crippen LogP) is 3.17. The molecular formula is C24H37FN2O8S2. The van der Waals surface area contributed by atoms with E-state index in [9.17, 15) is 21.2 Å². The molecule has 0 saturated carbocycles. The number of halogens is 1. The lowest BCUT2D eigenvalue weighted by Gasteiger charge is -2.41. The molecule has 1 heterocycles. The summed E-state index contributed by atoms with van der Waals surface area (Å²) in [6, 6.07) is 13.2. The van der Waals surface area contributed by atoms with E-state index >= 15 is 0 Å². The highest BCUT2D eigenvalue weighted by molar-refractivity contribution is 7.85. The number of nitrogens with zero attached hydrogens (tertiary/aromatic N) is 1. The minimum Gasteiger partial charge on any atom is -0.497 e. The number of likely N-dealkylation sites (N-methyl/N-ethyl adjacent to an activating group) is 1. The van der Waals surface area contributed by atoms with Crippen molar-refractivity contribution in [3.8, 4) is 11.5 Å². The summed E-state index contributed by atoms with van der Waals surface area (Å²) in [4.78, 5) is 2.43. The average molecular weight is 565 g/mol. The number of likely N-dealkylation sites (tertiary alicyclic amines) is 1. The molecule has 13 heteroatoms. The van der Waals surface area contributed by atoms with Gasteiger partial charge in [0.05, 0.1) is 32.8 Å². The molecule has 1 saturated heterocycles. The molecule has 37 heavy (non-hydrogen) atoms. The zero-order valence-electron chi connectivity index (χ0n) is 21.7. The summed E-state index contributed by atoms with van der Waals surface area (Å²) < 4.78 is 76.4. The quantitative estimate of drug-likeness (QED) is 0.429. The molecule has 1 aliphatic rings. The van der Waals surface area contributed by atoms with Gasteiger partial charge in [-0.3, -0.25) is 14.0 Å². The summed E-state index contributed by atoms with van der Waals surface area (Å²) in [5.74, 6) is 1.48. The molecule has 10 nitrogen and oxygen atoms in total. The van der Waals surface area contributed by atoms with Crippen molar-refractivity contribution in [2.75, 3.05) is 39.8 Å². The number of rotatable bonds is 7. The largest absolute Gasteiger partial charge is 0.497 e. The van der Waals surface area contributed by atoms with Gasteiger partial charge in [-0.05, 0) is 61.8 Å². The first-order valence-corrected chi connectivity index (χ1v) is 15.1. The van der Waals surface area contributed by atoms with Gasteiger partial charge in [0.25, 0.3) is 20.2 Å². The third-order valence-corrected chi connectivity index (χ3v) is 5.37. The van der Waals surface area contributed by atoms with Gasteiger partial charge in [-0.1, -0.05) is 19.1 Å². The van der Waals surface area contributed by atoms with Crippen molar-refractivity contribution >= 4 is 20.2 Å². The Morgan fingerprint density at radius 1 is 1.03 bits per heavy atom. The standard InChI is InChI=1S/C22H29FN2O2.2CH4O3S/c1-4-25-12-6-9-20(22(25)16-7-5-8-18(23)13-16)24-15-17-14-19(26-2)10-11-21(17)27-3;2*1-5(2,3)4/h5,7-8,10-11,13-14,20,22,24H,4,6,9,12,15H2,1-3H3;2*1H3,(H,2,3,4)/t20-,22-;;/m1../s1. The second-order valence-electron chi connectivity index (χ2n) is 8.40. The zero-order chi connectivity index (χ0) is 28.2. The highest BCUT2D eigenvalue weighted by atomic mass is 32.2. The van der Waals surface area contributed by atoms with Crippen LogP contribution in [0.5, 0.6) is 11.5 Å². The molecule has 2 atom stereocenters. The van der Waals surface area contributed by atoms with Crippen molar-refractivity contribution < 1.29 is 39.8 Å². The Kier molecular flexibility index (Phi) is 13.5. The van der Waals surface area contributed by atoms with Crippen LogP contribution < -0.4 is 14.8 Å². The molecule has 0 bridgehead atoms. The number of benzene rings is 2. The summed E-state index contributed by atoms with van der Waals surface area (Å²) in [6.07, 6.45) is 3.62. The van der Waals surface area contributed by atoms with E-state index in [2.05, 4.69) is 17.1 Å². The second-order valence-corrected chi connectivity index (χ2v) is 11.3. The molecule has 3 rings (SSSR count). The van der Waals surface area contributed by atoms with Gasteiger partial charge >= 0.3 is 0 Å². The highest BCUT2D eigenvalue weighted by Gasteiger charge is 2.31. The summed E-state index contributed by atoms with van der Waals surface area (Å²) in [6.45, 7) is 4.83. The number of piperidine rings is 1. The molecule has 1 aliphatic heterocycles. The second kappa shape index (κ2) is 15.2. The predicted molar refractivity (Wildman–Crippen MR) is 141 cm³/mol. The lowest BCUT2D eigenvalue weighted by Crippen LogP contribution is -2.48. The third-order valence-electron chi connectivity index (χ3n) is 5.37. The SMILES string of the molecule is CCN1CCC[C@@H](NCc2cc(OC)ccc2OC)[C@H]1c1cccc(F)c1.CS(=O)(=O)O.CS(=O)(=O)O. The summed E-state index contributed by atoms with van der Waals surface area (Å²) >= 11 is 0. The van der Waals surface area contributed by atoms with E-state index in [-0.39, 0.29) is 17.9 Å². The van der Waals surface area contributed by atoms with Crippen LogP contribution in [0.4, 0.5) is 4.39 Å². The van der Waals surface area contributed by atoms with Gasteiger partial charge in [0, 0.05) is 18.2 Å². The van der Waals surface area contributed by atoms with Gasteiger partial charge in [0.15, 0.2) is 0 Å². The van der Waals surface area contributed by atoms with Crippen molar-refractivity contribution in [3.63, 3.8) is 0 Å². The molecule has 3 N–H and O–H groups in total. The fourth-order valence-corrected chi connectivity index (χ4v) is 4.03. The fraction of sp³-hybridized carbons (Fsp3) is 0.500. The van der Waals surface area contributed by atoms with Gasteiger partial charge in [0.1, 0.15) is 17.3 Å². The normalized spacial score (nSPS) is 18.1. The summed E-state index contributed by atoms with van der Waals surface area (Å²) in [5.41, 5.74) is 2.09. The maximum atomic E-state index is 13.8. The first kappa shape index (κ1) is 32.7. The smallest absolute Gasteiger partial charge is 0.261 e. The van der Waals surface area contributed by atoms with Crippen molar-refractivity contribution in [1.82, 2.24) is 10.2 Å². The number of methoxy groups -OCH3 is 2. The van der Waals surface area contributed by atoms with E-state index in [0.717, 1.165) is 48.6 Å². The molecule has 0 amide bonds. The van der Waals surface area contributed by atoms with E-state index in [1.54, 1.807) is 26.4 Å². The van der Waals surface area contributed by atoms with Gasteiger partial charge in [-0.15, -0.1) is 0 Å². The van der Waals surface area contributed by atoms with E-state index in [1.165, 1.54) is 6.07 Å². The van der Waals surface area contributed by atoms with Gasteiger partial charge < -0.3 is 14.8 Å². The summed E-state index contributed by atoms with van der Waals surface area (Å²) in [7, 11) is -3.99. The van der Waals surface area contributed by atoms with Crippen LogP contribution in [0.25, 0.3) is 0 Å². The molecule has 2 aromatic carbocycles. The van der Waals surface area contributed by atoms with Gasteiger partial charge in [-0.25, -0.2) is 4.39 Å². The third kappa shape index (κ3) is 13.7. The van der Waals surface area contributed by atoms with Crippen LogP contribution in [-0.2, 0) is 26.8 Å². The Hall–Kier alpha value is -2.29. The first-order valence-electron chi connectivity index (χ1n) is 11.4. The molecule has 210 valence electrons. The van der Waals surface area contributed by atoms with Crippen molar-refractivity contribution in [2.24, 2.45) is 0 Å². The van der Waals surface area contributed by atoms with Crippen LogP contribution in [-0.4, -0.2) is 76.7 Å². The average Bonchev–Trinajstić information content (AvgIpc) is 2.80. The Bertz CT molecular complexity index is 1150. The zero-order valence-corrected chi connectivity index (χ0v) is 23.4. The Morgan fingerprint density at radius 3 is 2.16 bits per heavy atom. The van der Waals surface area contributed by atoms with Crippen molar-refractivity contribution in [3.05, 3.63) is 59.4 Å². The topological polar surface area (TPSA) is 142 Å². The number of hydrogen-bond donors (Lipinski definition) is 3. The van der Waals surface area contributed by atoms with E-state index in [4.69, 9.17) is 18.6 Å². The van der Waals surface area contributed by atoms with Crippen LogP contribution in [0, 0.1) is 5.82 Å². The molecular weight excluding hydrogens is 527 g/mol. The lowest BCUT2D eigenvalue weighted by atomic mass is 9.90. The van der Waals surface area contributed by atoms with Gasteiger partial charge in [-0.2, -0.15) is 16.8 Å². The van der Waals surface area contributed by atoms with Crippen molar-refractivity contribution in [2.45, 2.75) is 38.4 Å². The van der Waals surface area contributed by atoms with Crippen LogP contribution in [0.1, 0.15) is 36.9 Å². The van der Waals surface area contributed by atoms with Crippen molar-refractivity contribution in [1.29, 1.82) is 0 Å². The number of nitrogens with one attached hydrogen (secondary N) is 1. The first-order chi connectivity index (χ1) is 17.2. The number of ether oxygens (including phenoxy) is 2. The lowest BCUT2D eigenvalue weighted by molar-refractivity contribution is 0.117. The molecule has 0 radical (unpaired) electrons. The van der Waals surface area contributed by atoms with E-state index in [0.29, 0.717) is 19.1 Å². The maximum absolute atomic E-state index is 13.8. The number of hydrogen-bond acceptors (Lipinski definition) is 8. The van der Waals surface area contributed by atoms with Crippen LogP contribution in [0.15, 0.2) is 42.5 Å².